The van der Waals surface area contributed by atoms with E-state index in [2.05, 4.69) is 228 Å². The Bertz CT molecular complexity index is 3580. The molecule has 0 saturated carbocycles. The molecule has 61 heavy (non-hydrogen) atoms. The van der Waals surface area contributed by atoms with Crippen LogP contribution in [-0.4, -0.2) is 9.13 Å². The number of aromatic nitrogens is 2. The van der Waals surface area contributed by atoms with E-state index in [1.165, 1.54) is 110 Å². The Balaban J connectivity index is 0.977. The van der Waals surface area contributed by atoms with Crippen LogP contribution in [0.1, 0.15) is 18.9 Å². The van der Waals surface area contributed by atoms with Gasteiger partial charge in [-0.15, -0.1) is 0 Å². The van der Waals surface area contributed by atoms with Crippen molar-refractivity contribution in [3.05, 3.63) is 218 Å². The van der Waals surface area contributed by atoms with E-state index >= 15 is 0 Å². The van der Waals surface area contributed by atoms with Gasteiger partial charge in [0.1, 0.15) is 0 Å². The third-order valence-corrected chi connectivity index (χ3v) is 12.8. The summed E-state index contributed by atoms with van der Waals surface area (Å²) < 4.78 is 4.86. The predicted octanol–water partition coefficient (Wildman–Crippen LogP) is 16.1. The summed E-state index contributed by atoms with van der Waals surface area (Å²) in [7, 11) is 0. The molecular formula is C59H42N2. The van der Waals surface area contributed by atoms with Crippen LogP contribution in [0.2, 0.25) is 0 Å². The molecule has 12 aromatic rings. The number of para-hydroxylation sites is 2. The first-order valence-electron chi connectivity index (χ1n) is 21.5. The van der Waals surface area contributed by atoms with Crippen molar-refractivity contribution in [3.8, 4) is 44.8 Å². The number of rotatable bonds is 7. The Kier molecular flexibility index (Phi) is 8.24. The van der Waals surface area contributed by atoms with Crippen LogP contribution in [0.25, 0.3) is 110 Å². The maximum absolute atomic E-state index is 2.43. The number of benzene rings is 10. The normalized spacial score (nSPS) is 11.8. The molecule has 0 aliphatic rings. The van der Waals surface area contributed by atoms with Crippen LogP contribution in [0.15, 0.2) is 212 Å². The molecule has 0 N–H and O–H groups in total. The largest absolute Gasteiger partial charge is 0.309 e. The summed E-state index contributed by atoms with van der Waals surface area (Å²) >= 11 is 0. The smallest absolute Gasteiger partial charge is 0.0541 e. The highest BCUT2D eigenvalue weighted by atomic mass is 15.0. The number of hydrogen-bond acceptors (Lipinski definition) is 0. The minimum Gasteiger partial charge on any atom is -0.309 e. The summed E-state index contributed by atoms with van der Waals surface area (Å²) in [5.41, 5.74) is 16.1. The maximum atomic E-state index is 2.43. The Morgan fingerprint density at radius 3 is 1.25 bits per heavy atom. The summed E-state index contributed by atoms with van der Waals surface area (Å²) in [6, 6.07) is 78.5. The second-order valence-electron chi connectivity index (χ2n) is 16.3. The number of aryl methyl sites for hydroxylation is 1. The lowest BCUT2D eigenvalue weighted by Crippen LogP contribution is -1.95. The van der Waals surface area contributed by atoms with Crippen LogP contribution in [-0.2, 0) is 6.42 Å². The predicted molar refractivity (Wildman–Crippen MR) is 260 cm³/mol. The fourth-order valence-electron chi connectivity index (χ4n) is 10.1. The molecule has 2 nitrogen and oxygen atoms in total. The summed E-state index contributed by atoms with van der Waals surface area (Å²) in [5, 5.41) is 10.1. The van der Waals surface area contributed by atoms with Crippen molar-refractivity contribution < 1.29 is 0 Å². The van der Waals surface area contributed by atoms with Crippen LogP contribution >= 0.6 is 0 Å². The Labute approximate surface area is 355 Å². The molecule has 0 aliphatic heterocycles. The molecule has 0 aliphatic carbocycles. The molecule has 2 heteroatoms. The Hall–Kier alpha value is -7.68. The zero-order valence-corrected chi connectivity index (χ0v) is 34.0. The molecule has 12 rings (SSSR count). The molecule has 2 heterocycles. The second-order valence-corrected chi connectivity index (χ2v) is 16.3. The van der Waals surface area contributed by atoms with E-state index in [0.717, 1.165) is 18.5 Å². The molecule has 288 valence electrons. The van der Waals surface area contributed by atoms with E-state index in [0.29, 0.717) is 0 Å². The minimum absolute atomic E-state index is 1.08. The lowest BCUT2D eigenvalue weighted by Gasteiger charge is -2.18. The quantitative estimate of drug-likeness (QED) is 0.143. The van der Waals surface area contributed by atoms with Crippen LogP contribution in [0.3, 0.4) is 0 Å². The van der Waals surface area contributed by atoms with Crippen LogP contribution in [0, 0.1) is 0 Å². The molecular weight excluding hydrogens is 737 g/mol. The molecule has 0 bridgehead atoms. The first kappa shape index (κ1) is 35.3. The number of fused-ring (bicyclic) bond motifs is 8. The molecule has 0 radical (unpaired) electrons. The van der Waals surface area contributed by atoms with Gasteiger partial charge in [-0.3, -0.25) is 0 Å². The van der Waals surface area contributed by atoms with Gasteiger partial charge in [0.15, 0.2) is 0 Å². The Morgan fingerprint density at radius 2 is 0.721 bits per heavy atom. The SMILES string of the molecule is CCCc1cccc(-n2c3ccccc3c3cc(-c4ccc5c(c4)c4ccccc4n5-c4ccc(-c5c6ccccc6c(-c6ccccc6)c6ccccc56)cc4)ccc32)c1. The average molecular weight is 779 g/mol. The van der Waals surface area contributed by atoms with Gasteiger partial charge in [0.2, 0.25) is 0 Å². The third kappa shape index (κ3) is 5.64. The highest BCUT2D eigenvalue weighted by molar-refractivity contribution is 6.21. The summed E-state index contributed by atoms with van der Waals surface area (Å²) in [6.07, 6.45) is 2.22. The fraction of sp³-hybridized carbons (Fsp3) is 0.0508. The van der Waals surface area contributed by atoms with Crippen molar-refractivity contribution in [2.45, 2.75) is 19.8 Å². The first-order chi connectivity index (χ1) is 30.2. The lowest BCUT2D eigenvalue weighted by molar-refractivity contribution is 0.919. The monoisotopic (exact) mass is 778 g/mol. The van der Waals surface area contributed by atoms with E-state index in [-0.39, 0.29) is 0 Å². The van der Waals surface area contributed by atoms with Crippen LogP contribution < -0.4 is 0 Å². The second kappa shape index (κ2) is 14.3. The van der Waals surface area contributed by atoms with Gasteiger partial charge in [-0.25, -0.2) is 0 Å². The molecule has 0 saturated heterocycles. The average Bonchev–Trinajstić information content (AvgIpc) is 3.83. The van der Waals surface area contributed by atoms with E-state index in [9.17, 15) is 0 Å². The topological polar surface area (TPSA) is 9.86 Å². The van der Waals surface area contributed by atoms with Gasteiger partial charge >= 0.3 is 0 Å². The summed E-state index contributed by atoms with van der Waals surface area (Å²) in [5.74, 6) is 0. The molecule has 2 aromatic heterocycles. The van der Waals surface area contributed by atoms with Crippen molar-refractivity contribution in [3.63, 3.8) is 0 Å². The molecule has 0 fully saturated rings. The van der Waals surface area contributed by atoms with Gasteiger partial charge < -0.3 is 9.13 Å². The van der Waals surface area contributed by atoms with Gasteiger partial charge in [-0.2, -0.15) is 0 Å². The van der Waals surface area contributed by atoms with Crippen molar-refractivity contribution in [2.24, 2.45) is 0 Å². The molecule has 0 atom stereocenters. The van der Waals surface area contributed by atoms with Gasteiger partial charge in [0.05, 0.1) is 22.1 Å². The van der Waals surface area contributed by atoms with Crippen LogP contribution in [0.4, 0.5) is 0 Å². The molecule has 0 amide bonds. The maximum Gasteiger partial charge on any atom is 0.0541 e. The van der Waals surface area contributed by atoms with Gasteiger partial charge in [-0.1, -0.05) is 165 Å². The standard InChI is InChI=1S/C59H42N2/c1-2-15-39-16-14-19-45(36-39)61-55-27-13-11-21-47(55)53-38-43(31-35-57(53)61)42-30-34-56-52(37-42)46-20-10-12-26-54(46)60(56)44-32-28-41(29-33-44)59-50-24-8-6-22-48(50)58(40-17-4-3-5-18-40)49-23-7-9-25-51(49)59/h3-14,16-38H,2,15H2,1H3. The zero-order chi connectivity index (χ0) is 40.4. The van der Waals surface area contributed by atoms with E-state index in [4.69, 9.17) is 0 Å². The van der Waals surface area contributed by atoms with Crippen molar-refractivity contribution in [1.82, 2.24) is 9.13 Å². The molecule has 0 unspecified atom stereocenters. The lowest BCUT2D eigenvalue weighted by atomic mass is 9.86. The Morgan fingerprint density at radius 1 is 0.295 bits per heavy atom. The van der Waals surface area contributed by atoms with E-state index < -0.39 is 0 Å². The van der Waals surface area contributed by atoms with E-state index in [1.54, 1.807) is 0 Å². The van der Waals surface area contributed by atoms with Gasteiger partial charge in [0, 0.05) is 32.9 Å². The highest BCUT2D eigenvalue weighted by Crippen LogP contribution is 2.44. The highest BCUT2D eigenvalue weighted by Gasteiger charge is 2.19. The minimum atomic E-state index is 1.08. The fourth-order valence-corrected chi connectivity index (χ4v) is 10.1. The van der Waals surface area contributed by atoms with Crippen molar-refractivity contribution in [2.75, 3.05) is 0 Å². The number of hydrogen-bond donors (Lipinski definition) is 0. The van der Waals surface area contributed by atoms with Crippen LogP contribution in [0.5, 0.6) is 0 Å². The summed E-state index contributed by atoms with van der Waals surface area (Å²) in [4.78, 5) is 0. The van der Waals surface area contributed by atoms with Crippen molar-refractivity contribution >= 4 is 65.2 Å². The zero-order valence-electron chi connectivity index (χ0n) is 34.0. The first-order valence-corrected chi connectivity index (χ1v) is 21.5. The third-order valence-electron chi connectivity index (χ3n) is 12.8. The number of nitrogens with zero attached hydrogens (tertiary/aromatic N) is 2. The summed E-state index contributed by atoms with van der Waals surface area (Å²) in [6.45, 7) is 2.25. The molecule has 10 aromatic carbocycles. The van der Waals surface area contributed by atoms with Gasteiger partial charge in [-0.05, 0) is 128 Å². The van der Waals surface area contributed by atoms with Crippen molar-refractivity contribution in [1.29, 1.82) is 0 Å². The van der Waals surface area contributed by atoms with E-state index in [1.807, 2.05) is 0 Å². The van der Waals surface area contributed by atoms with Gasteiger partial charge in [0.25, 0.3) is 0 Å². The molecule has 0 spiro atoms.